The van der Waals surface area contributed by atoms with Gasteiger partial charge in [-0.3, -0.25) is 0 Å². The Morgan fingerprint density at radius 3 is 2.71 bits per heavy atom. The van der Waals surface area contributed by atoms with E-state index in [1.54, 1.807) is 0 Å². The maximum Gasteiger partial charge on any atom is 0.119 e. The van der Waals surface area contributed by atoms with E-state index in [1.165, 1.54) is 31.2 Å². The lowest BCUT2D eigenvalue weighted by Gasteiger charge is -2.26. The maximum atomic E-state index is 5.93. The highest BCUT2D eigenvalue weighted by Crippen LogP contribution is 2.22. The van der Waals surface area contributed by atoms with Crippen LogP contribution < -0.4 is 15.8 Å². The second kappa shape index (κ2) is 8.40. The summed E-state index contributed by atoms with van der Waals surface area (Å²) in [5, 5.41) is 3.51. The van der Waals surface area contributed by atoms with Crippen molar-refractivity contribution in [1.82, 2.24) is 5.32 Å². The van der Waals surface area contributed by atoms with Gasteiger partial charge in [-0.1, -0.05) is 26.0 Å². The molecule has 21 heavy (non-hydrogen) atoms. The Balaban J connectivity index is 1.60. The van der Waals surface area contributed by atoms with Crippen LogP contribution in [0.2, 0.25) is 0 Å². The lowest BCUT2D eigenvalue weighted by molar-refractivity contribution is 0.286. The lowest BCUT2D eigenvalue weighted by Crippen LogP contribution is -2.33. The molecule has 1 aliphatic carbocycles. The van der Waals surface area contributed by atoms with Gasteiger partial charge in [0.1, 0.15) is 12.4 Å². The van der Waals surface area contributed by atoms with Gasteiger partial charge in [0.15, 0.2) is 0 Å². The summed E-state index contributed by atoms with van der Waals surface area (Å²) < 4.78 is 5.82. The number of nitrogens with two attached hydrogens (primary N) is 1. The third-order valence-corrected chi connectivity index (χ3v) is 4.40. The van der Waals surface area contributed by atoms with E-state index in [1.807, 2.05) is 6.07 Å². The van der Waals surface area contributed by atoms with Gasteiger partial charge in [-0.2, -0.15) is 0 Å². The Bertz CT molecular complexity index is 411. The quantitative estimate of drug-likeness (QED) is 0.758. The molecule has 0 saturated heterocycles. The van der Waals surface area contributed by atoms with E-state index in [0.717, 1.165) is 31.4 Å². The second-order valence-corrected chi connectivity index (χ2v) is 6.56. The van der Waals surface area contributed by atoms with E-state index < -0.39 is 0 Å². The fourth-order valence-corrected chi connectivity index (χ4v) is 2.90. The molecular weight excluding hydrogens is 260 g/mol. The molecular formula is C18H30N2O. The molecule has 0 unspecified atom stereocenters. The lowest BCUT2D eigenvalue weighted by atomic mass is 9.86. The van der Waals surface area contributed by atoms with Crippen molar-refractivity contribution >= 4 is 0 Å². The highest BCUT2D eigenvalue weighted by Gasteiger charge is 2.17. The molecule has 1 aromatic carbocycles. The number of hydrogen-bond donors (Lipinski definition) is 2. The topological polar surface area (TPSA) is 47.3 Å². The molecule has 0 spiro atoms. The second-order valence-electron chi connectivity index (χ2n) is 6.56. The Labute approximate surface area is 129 Å². The predicted octanol–water partition coefficient (Wildman–Crippen LogP) is 3.30. The molecule has 1 aromatic rings. The van der Waals surface area contributed by atoms with Gasteiger partial charge in [0.2, 0.25) is 0 Å². The highest BCUT2D eigenvalue weighted by molar-refractivity contribution is 5.30. The largest absolute Gasteiger partial charge is 0.492 e. The van der Waals surface area contributed by atoms with Crippen molar-refractivity contribution in [3.8, 4) is 5.75 Å². The van der Waals surface area contributed by atoms with Crippen LogP contribution in [0.25, 0.3) is 0 Å². The Morgan fingerprint density at radius 1 is 1.24 bits per heavy atom. The molecule has 0 heterocycles. The maximum absolute atomic E-state index is 5.93. The molecule has 0 aromatic heterocycles. The molecule has 1 aliphatic rings. The molecule has 0 aliphatic heterocycles. The first-order chi connectivity index (χ1) is 10.1. The minimum atomic E-state index is 0.442. The minimum absolute atomic E-state index is 0.442. The van der Waals surface area contributed by atoms with Crippen LogP contribution in [-0.4, -0.2) is 25.7 Å². The van der Waals surface area contributed by atoms with Gasteiger partial charge in [-0.05, 0) is 61.8 Å². The molecule has 3 heteroatoms. The summed E-state index contributed by atoms with van der Waals surface area (Å²) in [5.41, 5.74) is 7.26. The predicted molar refractivity (Wildman–Crippen MR) is 88.8 cm³/mol. The Hall–Kier alpha value is -1.06. The molecule has 118 valence electrons. The zero-order valence-electron chi connectivity index (χ0n) is 13.5. The van der Waals surface area contributed by atoms with Crippen LogP contribution in [0.5, 0.6) is 5.75 Å². The van der Waals surface area contributed by atoms with Crippen LogP contribution in [0.4, 0.5) is 0 Å². The van der Waals surface area contributed by atoms with Gasteiger partial charge in [-0.25, -0.2) is 0 Å². The first-order valence-electron chi connectivity index (χ1n) is 8.34. The molecule has 0 bridgehead atoms. The zero-order chi connectivity index (χ0) is 15.1. The number of ether oxygens (including phenoxy) is 1. The summed E-state index contributed by atoms with van der Waals surface area (Å²) in [6.45, 7) is 7.15. The zero-order valence-corrected chi connectivity index (χ0v) is 13.5. The molecule has 1 fully saturated rings. The Kier molecular flexibility index (Phi) is 6.52. The molecule has 0 radical (unpaired) electrons. The van der Waals surface area contributed by atoms with Crippen molar-refractivity contribution < 1.29 is 4.74 Å². The smallest absolute Gasteiger partial charge is 0.119 e. The van der Waals surface area contributed by atoms with E-state index in [-0.39, 0.29) is 0 Å². The van der Waals surface area contributed by atoms with Gasteiger partial charge >= 0.3 is 0 Å². The van der Waals surface area contributed by atoms with E-state index in [9.17, 15) is 0 Å². The Morgan fingerprint density at radius 2 is 2.00 bits per heavy atom. The normalized spacial score (nSPS) is 22.5. The number of benzene rings is 1. The average Bonchev–Trinajstić information content (AvgIpc) is 2.49. The third kappa shape index (κ3) is 5.68. The van der Waals surface area contributed by atoms with E-state index >= 15 is 0 Å². The van der Waals surface area contributed by atoms with Crippen LogP contribution in [0, 0.1) is 5.92 Å². The summed E-state index contributed by atoms with van der Waals surface area (Å²) in [5.74, 6) is 2.32. The highest BCUT2D eigenvalue weighted by atomic mass is 16.5. The SMILES string of the molecule is CC(C)c1cccc(OCCNCC2CCC(N)CC2)c1. The molecule has 3 nitrogen and oxygen atoms in total. The fourth-order valence-electron chi connectivity index (χ4n) is 2.90. The van der Waals surface area contributed by atoms with Crippen molar-refractivity contribution in [3.63, 3.8) is 0 Å². The van der Waals surface area contributed by atoms with Crippen molar-refractivity contribution in [1.29, 1.82) is 0 Å². The van der Waals surface area contributed by atoms with Crippen molar-refractivity contribution in [2.24, 2.45) is 11.7 Å². The van der Waals surface area contributed by atoms with E-state index in [2.05, 4.69) is 37.4 Å². The number of hydrogen-bond acceptors (Lipinski definition) is 3. The van der Waals surface area contributed by atoms with Gasteiger partial charge in [0.25, 0.3) is 0 Å². The number of nitrogens with one attached hydrogen (secondary N) is 1. The summed E-state index contributed by atoms with van der Waals surface area (Å²) in [6, 6.07) is 8.85. The van der Waals surface area contributed by atoms with Gasteiger partial charge in [-0.15, -0.1) is 0 Å². The van der Waals surface area contributed by atoms with Gasteiger partial charge in [0, 0.05) is 12.6 Å². The van der Waals surface area contributed by atoms with Crippen LogP contribution in [0.1, 0.15) is 51.0 Å². The molecule has 1 saturated carbocycles. The first-order valence-corrected chi connectivity index (χ1v) is 8.34. The van der Waals surface area contributed by atoms with E-state index in [4.69, 9.17) is 10.5 Å². The van der Waals surface area contributed by atoms with Crippen LogP contribution in [-0.2, 0) is 0 Å². The first kappa shape index (κ1) is 16.3. The molecule has 3 N–H and O–H groups in total. The monoisotopic (exact) mass is 290 g/mol. The van der Waals surface area contributed by atoms with Gasteiger partial charge in [0.05, 0.1) is 0 Å². The molecule has 0 amide bonds. The summed E-state index contributed by atoms with van der Waals surface area (Å²) in [4.78, 5) is 0. The molecule has 2 rings (SSSR count). The summed E-state index contributed by atoms with van der Waals surface area (Å²) in [6.07, 6.45) is 4.91. The van der Waals surface area contributed by atoms with Gasteiger partial charge < -0.3 is 15.8 Å². The van der Waals surface area contributed by atoms with Crippen molar-refractivity contribution in [2.75, 3.05) is 19.7 Å². The van der Waals surface area contributed by atoms with Crippen molar-refractivity contribution in [3.05, 3.63) is 29.8 Å². The fraction of sp³-hybridized carbons (Fsp3) is 0.667. The van der Waals surface area contributed by atoms with Crippen molar-refractivity contribution in [2.45, 2.75) is 51.5 Å². The minimum Gasteiger partial charge on any atom is -0.492 e. The van der Waals surface area contributed by atoms with Crippen LogP contribution in [0.3, 0.4) is 0 Å². The van der Waals surface area contributed by atoms with Crippen LogP contribution >= 0.6 is 0 Å². The number of rotatable bonds is 7. The third-order valence-electron chi connectivity index (χ3n) is 4.40. The summed E-state index contributed by atoms with van der Waals surface area (Å²) >= 11 is 0. The molecule has 0 atom stereocenters. The summed E-state index contributed by atoms with van der Waals surface area (Å²) in [7, 11) is 0. The standard InChI is InChI=1S/C18H30N2O/c1-14(2)16-4-3-5-18(12-16)21-11-10-20-13-15-6-8-17(19)9-7-15/h3-5,12,14-15,17,20H,6-11,13,19H2,1-2H3. The van der Waals surface area contributed by atoms with E-state index in [0.29, 0.717) is 12.0 Å². The van der Waals surface area contributed by atoms with Crippen LogP contribution in [0.15, 0.2) is 24.3 Å². The average molecular weight is 290 g/mol.